The normalized spacial score (nSPS) is 10.8. The molecule has 1 aromatic heterocycles. The Morgan fingerprint density at radius 3 is 3.00 bits per heavy atom. The van der Waals surface area contributed by atoms with Crippen LogP contribution in [-0.4, -0.2) is 18.6 Å². The van der Waals surface area contributed by atoms with E-state index in [-0.39, 0.29) is 5.02 Å². The van der Waals surface area contributed by atoms with Crippen LogP contribution < -0.4 is 5.32 Å². The molecule has 0 spiro atoms. The average Bonchev–Trinajstić information content (AvgIpc) is 2.82. The molecule has 0 radical (unpaired) electrons. The van der Waals surface area contributed by atoms with Crippen LogP contribution in [0.1, 0.15) is 12.3 Å². The second kappa shape index (κ2) is 5.98. The number of halogens is 2. The van der Waals surface area contributed by atoms with Gasteiger partial charge in [0, 0.05) is 12.0 Å². The Morgan fingerprint density at radius 2 is 2.28 bits per heavy atom. The largest absolute Gasteiger partial charge is 0.441 e. The van der Waals surface area contributed by atoms with E-state index in [0.29, 0.717) is 17.2 Å². The molecule has 1 aromatic carbocycles. The van der Waals surface area contributed by atoms with Crippen LogP contribution >= 0.6 is 11.6 Å². The predicted octanol–water partition coefficient (Wildman–Crippen LogP) is 3.29. The first-order valence-corrected chi connectivity index (χ1v) is 6.13. The SMILES string of the molecule is CNCCCc1ncc(-c2ccc(Cl)c(F)c2)o1. The molecule has 0 amide bonds. The van der Waals surface area contributed by atoms with Crippen molar-refractivity contribution in [3.63, 3.8) is 0 Å². The Balaban J connectivity index is 2.11. The maximum atomic E-state index is 13.3. The lowest BCUT2D eigenvalue weighted by molar-refractivity contribution is 0.495. The van der Waals surface area contributed by atoms with Gasteiger partial charge >= 0.3 is 0 Å². The first kappa shape index (κ1) is 13.1. The van der Waals surface area contributed by atoms with E-state index in [0.717, 1.165) is 19.4 Å². The van der Waals surface area contributed by atoms with Gasteiger partial charge in [-0.1, -0.05) is 11.6 Å². The molecule has 0 saturated heterocycles. The number of oxazole rings is 1. The summed E-state index contributed by atoms with van der Waals surface area (Å²) < 4.78 is 18.9. The Bertz CT molecular complexity index is 527. The summed E-state index contributed by atoms with van der Waals surface area (Å²) in [4.78, 5) is 4.17. The molecule has 0 fully saturated rings. The van der Waals surface area contributed by atoms with Crippen LogP contribution in [0.4, 0.5) is 4.39 Å². The molecule has 0 aliphatic heterocycles. The van der Waals surface area contributed by atoms with E-state index < -0.39 is 5.82 Å². The number of benzene rings is 1. The minimum atomic E-state index is -0.456. The van der Waals surface area contributed by atoms with Gasteiger partial charge in [0.1, 0.15) is 5.82 Å². The van der Waals surface area contributed by atoms with E-state index in [9.17, 15) is 4.39 Å². The molecule has 1 heterocycles. The van der Waals surface area contributed by atoms with Crippen molar-refractivity contribution in [3.8, 4) is 11.3 Å². The maximum Gasteiger partial charge on any atom is 0.194 e. The van der Waals surface area contributed by atoms with Gasteiger partial charge in [-0.2, -0.15) is 0 Å². The van der Waals surface area contributed by atoms with Crippen molar-refractivity contribution in [1.82, 2.24) is 10.3 Å². The minimum absolute atomic E-state index is 0.104. The van der Waals surface area contributed by atoms with Crippen molar-refractivity contribution in [2.24, 2.45) is 0 Å². The number of nitrogens with one attached hydrogen (secondary N) is 1. The van der Waals surface area contributed by atoms with Gasteiger partial charge in [-0.15, -0.1) is 0 Å². The van der Waals surface area contributed by atoms with Crippen LogP contribution in [0.3, 0.4) is 0 Å². The summed E-state index contributed by atoms with van der Waals surface area (Å²) in [5.74, 6) is 0.767. The molecular weight excluding hydrogens is 255 g/mol. The van der Waals surface area contributed by atoms with Gasteiger partial charge in [-0.05, 0) is 38.2 Å². The van der Waals surface area contributed by atoms with Crippen LogP contribution in [0.25, 0.3) is 11.3 Å². The topological polar surface area (TPSA) is 38.1 Å². The molecule has 0 aliphatic rings. The van der Waals surface area contributed by atoms with E-state index in [1.54, 1.807) is 12.3 Å². The Labute approximate surface area is 110 Å². The zero-order valence-electron chi connectivity index (χ0n) is 10.0. The minimum Gasteiger partial charge on any atom is -0.441 e. The van der Waals surface area contributed by atoms with Gasteiger partial charge in [0.05, 0.1) is 11.2 Å². The lowest BCUT2D eigenvalue weighted by Crippen LogP contribution is -2.08. The van der Waals surface area contributed by atoms with E-state index in [4.69, 9.17) is 16.0 Å². The molecule has 0 bridgehead atoms. The monoisotopic (exact) mass is 268 g/mol. The molecule has 0 aliphatic carbocycles. The fraction of sp³-hybridized carbons (Fsp3) is 0.308. The van der Waals surface area contributed by atoms with Crippen LogP contribution in [-0.2, 0) is 6.42 Å². The molecule has 5 heteroatoms. The van der Waals surface area contributed by atoms with Gasteiger partial charge in [0.2, 0.25) is 0 Å². The molecule has 18 heavy (non-hydrogen) atoms. The highest BCUT2D eigenvalue weighted by molar-refractivity contribution is 6.30. The molecule has 1 N–H and O–H groups in total. The fourth-order valence-electron chi connectivity index (χ4n) is 1.63. The van der Waals surface area contributed by atoms with Crippen molar-refractivity contribution >= 4 is 11.6 Å². The second-order valence-electron chi connectivity index (χ2n) is 3.95. The third kappa shape index (κ3) is 3.09. The third-order valence-corrected chi connectivity index (χ3v) is 2.88. The number of nitrogens with zero attached hydrogens (tertiary/aromatic N) is 1. The Hall–Kier alpha value is -1.39. The van der Waals surface area contributed by atoms with E-state index >= 15 is 0 Å². The van der Waals surface area contributed by atoms with Crippen molar-refractivity contribution in [2.75, 3.05) is 13.6 Å². The Morgan fingerprint density at radius 1 is 1.44 bits per heavy atom. The molecule has 96 valence electrons. The third-order valence-electron chi connectivity index (χ3n) is 2.58. The van der Waals surface area contributed by atoms with Crippen LogP contribution in [0.15, 0.2) is 28.8 Å². The summed E-state index contributed by atoms with van der Waals surface area (Å²) in [6.45, 7) is 0.910. The summed E-state index contributed by atoms with van der Waals surface area (Å²) in [5.41, 5.74) is 0.643. The first-order chi connectivity index (χ1) is 8.70. The van der Waals surface area contributed by atoms with Crippen LogP contribution in [0.2, 0.25) is 5.02 Å². The van der Waals surface area contributed by atoms with Crippen molar-refractivity contribution in [2.45, 2.75) is 12.8 Å². The number of hydrogen-bond acceptors (Lipinski definition) is 3. The summed E-state index contributed by atoms with van der Waals surface area (Å²) in [7, 11) is 1.90. The van der Waals surface area contributed by atoms with Crippen molar-refractivity contribution < 1.29 is 8.81 Å². The Kier molecular flexibility index (Phi) is 4.33. The van der Waals surface area contributed by atoms with Gasteiger partial charge < -0.3 is 9.73 Å². The maximum absolute atomic E-state index is 13.3. The highest BCUT2D eigenvalue weighted by atomic mass is 35.5. The van der Waals surface area contributed by atoms with E-state index in [1.807, 2.05) is 7.05 Å². The summed E-state index contributed by atoms with van der Waals surface area (Å²) in [6.07, 6.45) is 3.32. The second-order valence-corrected chi connectivity index (χ2v) is 4.36. The molecule has 2 rings (SSSR count). The standard InChI is InChI=1S/C13H14ClFN2O/c1-16-6-2-3-13-17-8-12(18-13)9-4-5-10(14)11(15)7-9/h4-5,7-8,16H,2-3,6H2,1H3. The highest BCUT2D eigenvalue weighted by Gasteiger charge is 2.08. The highest BCUT2D eigenvalue weighted by Crippen LogP contribution is 2.25. The molecule has 2 aromatic rings. The van der Waals surface area contributed by atoms with Gasteiger partial charge in [-0.25, -0.2) is 9.37 Å². The lowest BCUT2D eigenvalue weighted by atomic mass is 10.2. The number of rotatable bonds is 5. The van der Waals surface area contributed by atoms with E-state index in [2.05, 4.69) is 10.3 Å². The summed E-state index contributed by atoms with van der Waals surface area (Å²) >= 11 is 5.63. The quantitative estimate of drug-likeness (QED) is 0.846. The summed E-state index contributed by atoms with van der Waals surface area (Å²) in [6, 6.07) is 4.57. The molecule has 0 unspecified atom stereocenters. The summed E-state index contributed by atoms with van der Waals surface area (Å²) in [5, 5.41) is 3.16. The lowest BCUT2D eigenvalue weighted by Gasteiger charge is -1.98. The van der Waals surface area contributed by atoms with Crippen molar-refractivity contribution in [3.05, 3.63) is 41.1 Å². The zero-order valence-corrected chi connectivity index (χ0v) is 10.8. The fourth-order valence-corrected chi connectivity index (χ4v) is 1.74. The smallest absolute Gasteiger partial charge is 0.194 e. The van der Waals surface area contributed by atoms with Crippen LogP contribution in [0.5, 0.6) is 0 Å². The number of aryl methyl sites for hydroxylation is 1. The molecule has 0 saturated carbocycles. The first-order valence-electron chi connectivity index (χ1n) is 5.75. The van der Waals surface area contributed by atoms with Gasteiger partial charge in [-0.3, -0.25) is 0 Å². The van der Waals surface area contributed by atoms with Gasteiger partial charge in [0.15, 0.2) is 11.7 Å². The average molecular weight is 269 g/mol. The molecule has 0 atom stereocenters. The molecular formula is C13H14ClFN2O. The van der Waals surface area contributed by atoms with Crippen LogP contribution in [0, 0.1) is 5.82 Å². The van der Waals surface area contributed by atoms with Crippen molar-refractivity contribution in [1.29, 1.82) is 0 Å². The van der Waals surface area contributed by atoms with E-state index in [1.165, 1.54) is 12.1 Å². The molecule has 3 nitrogen and oxygen atoms in total. The van der Waals surface area contributed by atoms with Gasteiger partial charge in [0.25, 0.3) is 0 Å². The zero-order chi connectivity index (χ0) is 13.0. The number of aromatic nitrogens is 1. The number of hydrogen-bond donors (Lipinski definition) is 1. The predicted molar refractivity (Wildman–Crippen MR) is 69.2 cm³/mol.